The first-order valence-electron chi connectivity index (χ1n) is 23.6. The van der Waals surface area contributed by atoms with Crippen LogP contribution in [0.1, 0.15) is 219 Å². The predicted molar refractivity (Wildman–Crippen MR) is 258 cm³/mol. The van der Waals surface area contributed by atoms with Crippen molar-refractivity contribution in [3.05, 3.63) is 46.5 Å². The SMILES string of the molecule is CCCCCCCCCCCCSCCC(=O)Oc1cc(C)c(-c2cc(C(C)(C)C)c(OC(=O)CCSCCCCCCCCCCCC)cc2C)cc1C(C)(C)C. The maximum atomic E-state index is 13.1. The van der Waals surface area contributed by atoms with Crippen molar-refractivity contribution in [2.75, 3.05) is 23.0 Å². The number of hydrogen-bond donors (Lipinski definition) is 0. The lowest BCUT2D eigenvalue weighted by Gasteiger charge is -2.27. The molecule has 0 unspecified atom stereocenters. The number of aryl methyl sites for hydroxylation is 2. The van der Waals surface area contributed by atoms with E-state index in [1.165, 1.54) is 128 Å². The summed E-state index contributed by atoms with van der Waals surface area (Å²) in [6.45, 7) is 21.8. The van der Waals surface area contributed by atoms with Gasteiger partial charge in [-0.2, -0.15) is 23.5 Å². The lowest BCUT2D eigenvalue weighted by Crippen LogP contribution is -2.18. The van der Waals surface area contributed by atoms with E-state index in [-0.39, 0.29) is 22.8 Å². The van der Waals surface area contributed by atoms with Crippen LogP contribution in [0.15, 0.2) is 24.3 Å². The molecular weight excluding hydrogens is 753 g/mol. The van der Waals surface area contributed by atoms with E-state index >= 15 is 0 Å². The second-order valence-corrected chi connectivity index (χ2v) is 21.3. The lowest BCUT2D eigenvalue weighted by atomic mass is 9.80. The van der Waals surface area contributed by atoms with Crippen LogP contribution in [0.4, 0.5) is 0 Å². The highest BCUT2D eigenvalue weighted by atomic mass is 32.2. The van der Waals surface area contributed by atoms with Gasteiger partial charge < -0.3 is 9.47 Å². The van der Waals surface area contributed by atoms with Crippen LogP contribution in [-0.4, -0.2) is 35.0 Å². The van der Waals surface area contributed by atoms with Crippen LogP contribution < -0.4 is 9.47 Å². The summed E-state index contributed by atoms with van der Waals surface area (Å²) in [6.07, 6.45) is 27.7. The number of unbranched alkanes of at least 4 members (excludes halogenated alkanes) is 18. The predicted octanol–water partition coefficient (Wildman–Crippen LogP) is 16.5. The molecule has 2 rings (SSSR count). The topological polar surface area (TPSA) is 52.6 Å². The molecule has 0 spiro atoms. The van der Waals surface area contributed by atoms with Crippen molar-refractivity contribution < 1.29 is 19.1 Å². The van der Waals surface area contributed by atoms with E-state index in [0.29, 0.717) is 24.3 Å². The average Bonchev–Trinajstić information content (AvgIpc) is 3.15. The second-order valence-electron chi connectivity index (χ2n) is 18.9. The zero-order valence-electron chi connectivity index (χ0n) is 39.1. The van der Waals surface area contributed by atoms with Gasteiger partial charge in [0, 0.05) is 22.6 Å². The highest BCUT2D eigenvalue weighted by Crippen LogP contribution is 2.42. The van der Waals surface area contributed by atoms with Crippen LogP contribution in [0.25, 0.3) is 11.1 Å². The molecule has 330 valence electrons. The van der Waals surface area contributed by atoms with Gasteiger partial charge in [0.05, 0.1) is 12.8 Å². The normalized spacial score (nSPS) is 12.0. The minimum Gasteiger partial charge on any atom is -0.426 e. The molecule has 0 aromatic heterocycles. The highest BCUT2D eigenvalue weighted by molar-refractivity contribution is 7.99. The maximum absolute atomic E-state index is 13.1. The van der Waals surface area contributed by atoms with Crippen molar-refractivity contribution >= 4 is 35.5 Å². The Morgan fingerprint density at radius 1 is 0.448 bits per heavy atom. The second kappa shape index (κ2) is 29.4. The Kier molecular flexibility index (Phi) is 26.4. The van der Waals surface area contributed by atoms with Crippen LogP contribution in [0.3, 0.4) is 0 Å². The van der Waals surface area contributed by atoms with Gasteiger partial charge in [-0.3, -0.25) is 9.59 Å². The van der Waals surface area contributed by atoms with Crippen LogP contribution in [0.2, 0.25) is 0 Å². The standard InChI is InChI=1S/C52H86O4S2/c1-11-13-15-17-19-21-23-25-27-29-33-57-35-31-49(53)55-47-37-41(3)43(39-45(47)51(5,6)7)44-40-46(52(8,9)10)48(38-42(44)4)56-50(54)32-36-58-34-30-28-26-24-22-20-18-16-14-12-2/h37-40H,11-36H2,1-10H3. The fourth-order valence-corrected chi connectivity index (χ4v) is 9.38. The fraction of sp³-hybridized carbons (Fsp3) is 0.731. The Morgan fingerprint density at radius 2 is 0.741 bits per heavy atom. The van der Waals surface area contributed by atoms with E-state index in [4.69, 9.17) is 9.47 Å². The molecule has 0 bridgehead atoms. The zero-order valence-corrected chi connectivity index (χ0v) is 40.8. The van der Waals surface area contributed by atoms with Gasteiger partial charge in [0.1, 0.15) is 11.5 Å². The summed E-state index contributed by atoms with van der Waals surface area (Å²) < 4.78 is 12.2. The van der Waals surface area contributed by atoms with E-state index < -0.39 is 0 Å². The lowest BCUT2D eigenvalue weighted by molar-refractivity contribution is -0.134. The number of thioether (sulfide) groups is 2. The Labute approximate surface area is 366 Å². The van der Waals surface area contributed by atoms with Gasteiger partial charge in [0.2, 0.25) is 0 Å². The molecule has 0 fully saturated rings. The molecule has 2 aromatic rings. The molecule has 0 N–H and O–H groups in total. The minimum absolute atomic E-state index is 0.164. The molecule has 0 aliphatic heterocycles. The number of carbonyl (C=O) groups excluding carboxylic acids is 2. The first-order valence-corrected chi connectivity index (χ1v) is 25.9. The summed E-state index contributed by atoms with van der Waals surface area (Å²) in [5.41, 5.74) is 5.90. The number of benzene rings is 2. The van der Waals surface area contributed by atoms with E-state index in [1.54, 1.807) is 0 Å². The third kappa shape index (κ3) is 21.6. The number of carbonyl (C=O) groups is 2. The number of rotatable bonds is 31. The van der Waals surface area contributed by atoms with E-state index in [0.717, 1.165) is 56.4 Å². The van der Waals surface area contributed by atoms with Crippen LogP contribution >= 0.6 is 23.5 Å². The summed E-state index contributed by atoms with van der Waals surface area (Å²) in [4.78, 5) is 26.2. The van der Waals surface area contributed by atoms with Gasteiger partial charge >= 0.3 is 11.9 Å². The molecular formula is C52H86O4S2. The third-order valence-corrected chi connectivity index (χ3v) is 13.3. The Morgan fingerprint density at radius 3 is 1.03 bits per heavy atom. The first-order chi connectivity index (χ1) is 27.7. The number of ether oxygens (including phenoxy) is 2. The Bertz CT molecular complexity index is 1340. The van der Waals surface area contributed by atoms with Gasteiger partial charge in [-0.25, -0.2) is 0 Å². The van der Waals surface area contributed by atoms with Crippen molar-refractivity contribution in [2.45, 2.75) is 221 Å². The molecule has 0 atom stereocenters. The molecule has 4 nitrogen and oxygen atoms in total. The van der Waals surface area contributed by atoms with Gasteiger partial charge in [-0.1, -0.05) is 171 Å². The molecule has 2 aromatic carbocycles. The van der Waals surface area contributed by atoms with Crippen molar-refractivity contribution in [1.29, 1.82) is 0 Å². The van der Waals surface area contributed by atoms with Gasteiger partial charge in [-0.05, 0) is 95.5 Å². The summed E-state index contributed by atoms with van der Waals surface area (Å²) in [5.74, 6) is 4.79. The average molecular weight is 839 g/mol. The van der Waals surface area contributed by atoms with Crippen LogP contribution in [-0.2, 0) is 20.4 Å². The molecule has 0 heterocycles. The van der Waals surface area contributed by atoms with Crippen molar-refractivity contribution in [3.8, 4) is 22.6 Å². The van der Waals surface area contributed by atoms with E-state index in [1.807, 2.05) is 35.7 Å². The van der Waals surface area contributed by atoms with Crippen molar-refractivity contribution in [2.24, 2.45) is 0 Å². The molecule has 0 radical (unpaired) electrons. The van der Waals surface area contributed by atoms with Crippen LogP contribution in [0, 0.1) is 13.8 Å². The number of esters is 2. The van der Waals surface area contributed by atoms with Gasteiger partial charge in [0.25, 0.3) is 0 Å². The molecule has 0 saturated heterocycles. The monoisotopic (exact) mass is 839 g/mol. The maximum Gasteiger partial charge on any atom is 0.312 e. The smallest absolute Gasteiger partial charge is 0.312 e. The van der Waals surface area contributed by atoms with Crippen molar-refractivity contribution in [3.63, 3.8) is 0 Å². The highest BCUT2D eigenvalue weighted by Gasteiger charge is 2.26. The van der Waals surface area contributed by atoms with E-state index in [9.17, 15) is 9.59 Å². The van der Waals surface area contributed by atoms with Crippen LogP contribution in [0.5, 0.6) is 11.5 Å². The summed E-state index contributed by atoms with van der Waals surface area (Å²) in [5, 5.41) is 0. The fourth-order valence-electron chi connectivity index (χ4n) is 7.53. The zero-order chi connectivity index (χ0) is 42.8. The minimum atomic E-state index is -0.232. The summed E-state index contributed by atoms with van der Waals surface area (Å²) in [6, 6.07) is 8.51. The largest absolute Gasteiger partial charge is 0.426 e. The summed E-state index contributed by atoms with van der Waals surface area (Å²) >= 11 is 3.74. The quantitative estimate of drug-likeness (QED) is 0.0428. The molecule has 6 heteroatoms. The molecule has 0 saturated carbocycles. The molecule has 58 heavy (non-hydrogen) atoms. The third-order valence-electron chi connectivity index (χ3n) is 11.2. The molecule has 0 aliphatic rings. The van der Waals surface area contributed by atoms with Crippen molar-refractivity contribution in [1.82, 2.24) is 0 Å². The van der Waals surface area contributed by atoms with E-state index in [2.05, 4.69) is 81.4 Å². The summed E-state index contributed by atoms with van der Waals surface area (Å²) in [7, 11) is 0. The number of hydrogen-bond acceptors (Lipinski definition) is 6. The molecule has 0 amide bonds. The first kappa shape index (κ1) is 52.2. The van der Waals surface area contributed by atoms with Gasteiger partial charge in [-0.15, -0.1) is 0 Å². The Balaban J connectivity index is 1.95. The van der Waals surface area contributed by atoms with Gasteiger partial charge in [0.15, 0.2) is 0 Å². The molecule has 0 aliphatic carbocycles. The Hall–Kier alpha value is -1.92.